The number of ether oxygens (including phenoxy) is 1. The summed E-state index contributed by atoms with van der Waals surface area (Å²) in [6, 6.07) is 0. The van der Waals surface area contributed by atoms with Crippen LogP contribution in [0.3, 0.4) is 0 Å². The van der Waals surface area contributed by atoms with Gasteiger partial charge in [0.15, 0.2) is 5.60 Å². The van der Waals surface area contributed by atoms with Crippen LogP contribution in [-0.2, 0) is 9.53 Å². The second-order valence-electron chi connectivity index (χ2n) is 3.29. The highest BCUT2D eigenvalue weighted by molar-refractivity contribution is 5.79. The highest BCUT2D eigenvalue weighted by Gasteiger charge is 2.39. The number of esters is 1. The van der Waals surface area contributed by atoms with Gasteiger partial charge in [0.25, 0.3) is 0 Å². The highest BCUT2D eigenvalue weighted by Crippen LogP contribution is 2.23. The average Bonchev–Trinajstić information content (AvgIpc) is 2.04. The maximum absolute atomic E-state index is 11.4. The first-order valence-electron chi connectivity index (χ1n) is 4.49. The van der Waals surface area contributed by atoms with Crippen molar-refractivity contribution in [1.29, 1.82) is 0 Å². The van der Waals surface area contributed by atoms with E-state index in [0.717, 1.165) is 0 Å². The van der Waals surface area contributed by atoms with Crippen LogP contribution in [-0.4, -0.2) is 23.3 Å². The molecule has 0 saturated heterocycles. The van der Waals surface area contributed by atoms with Crippen molar-refractivity contribution in [3.63, 3.8) is 0 Å². The maximum Gasteiger partial charge on any atom is 0.338 e. The molecule has 0 bridgehead atoms. The van der Waals surface area contributed by atoms with E-state index in [1.165, 1.54) is 6.08 Å². The molecule has 0 spiro atoms. The largest absolute Gasteiger partial charge is 0.464 e. The third-order valence-electron chi connectivity index (χ3n) is 2.04. The number of carbonyl (C=O) groups excluding carboxylic acids is 1. The average molecular weight is 186 g/mol. The van der Waals surface area contributed by atoms with Crippen molar-refractivity contribution in [2.45, 2.75) is 32.8 Å². The number of carbonyl (C=O) groups is 1. The van der Waals surface area contributed by atoms with E-state index >= 15 is 0 Å². The van der Waals surface area contributed by atoms with Crippen LogP contribution < -0.4 is 0 Å². The number of aliphatic hydroxyl groups is 1. The van der Waals surface area contributed by atoms with Crippen molar-refractivity contribution in [2.24, 2.45) is 5.92 Å². The van der Waals surface area contributed by atoms with E-state index < -0.39 is 11.6 Å². The monoisotopic (exact) mass is 186 g/mol. The van der Waals surface area contributed by atoms with Gasteiger partial charge in [-0.15, -0.1) is 6.58 Å². The lowest BCUT2D eigenvalue weighted by Crippen LogP contribution is -2.44. The summed E-state index contributed by atoms with van der Waals surface area (Å²) >= 11 is 0. The van der Waals surface area contributed by atoms with Crippen LogP contribution in [0.1, 0.15) is 27.2 Å². The van der Waals surface area contributed by atoms with Crippen LogP contribution >= 0.6 is 0 Å². The Bertz CT molecular complexity index is 187. The fourth-order valence-corrected chi connectivity index (χ4v) is 1.03. The molecule has 76 valence electrons. The molecule has 0 amide bonds. The quantitative estimate of drug-likeness (QED) is 0.523. The van der Waals surface area contributed by atoms with E-state index in [4.69, 9.17) is 4.74 Å². The molecule has 0 aromatic rings. The summed E-state index contributed by atoms with van der Waals surface area (Å²) in [4.78, 5) is 11.4. The van der Waals surface area contributed by atoms with E-state index in [1.54, 1.807) is 20.8 Å². The maximum atomic E-state index is 11.4. The smallest absolute Gasteiger partial charge is 0.338 e. The van der Waals surface area contributed by atoms with E-state index in [2.05, 4.69) is 6.58 Å². The van der Waals surface area contributed by atoms with Crippen LogP contribution in [0.25, 0.3) is 0 Å². The lowest BCUT2D eigenvalue weighted by molar-refractivity contribution is -0.169. The van der Waals surface area contributed by atoms with Crippen LogP contribution in [0, 0.1) is 5.92 Å². The summed E-state index contributed by atoms with van der Waals surface area (Å²) in [6.07, 6.45) is 1.75. The second kappa shape index (κ2) is 5.02. The van der Waals surface area contributed by atoms with Gasteiger partial charge in [0, 0.05) is 6.42 Å². The Morgan fingerprint density at radius 2 is 2.23 bits per heavy atom. The molecule has 0 aromatic carbocycles. The Labute approximate surface area is 79.4 Å². The van der Waals surface area contributed by atoms with E-state index in [0.29, 0.717) is 0 Å². The minimum absolute atomic E-state index is 0.176. The molecule has 0 radical (unpaired) electrons. The molecule has 0 fully saturated rings. The van der Waals surface area contributed by atoms with Gasteiger partial charge in [-0.05, 0) is 12.8 Å². The van der Waals surface area contributed by atoms with Gasteiger partial charge in [0.2, 0.25) is 0 Å². The van der Waals surface area contributed by atoms with Gasteiger partial charge in [-0.1, -0.05) is 19.9 Å². The Morgan fingerprint density at radius 3 is 2.54 bits per heavy atom. The van der Waals surface area contributed by atoms with Crippen LogP contribution in [0.2, 0.25) is 0 Å². The third-order valence-corrected chi connectivity index (χ3v) is 2.04. The summed E-state index contributed by atoms with van der Waals surface area (Å²) in [6.45, 7) is 9.06. The topological polar surface area (TPSA) is 46.5 Å². The SMILES string of the molecule is C=CCC(O)(C(=O)OCC)C(C)C. The normalized spacial score (nSPS) is 15.2. The van der Waals surface area contributed by atoms with Gasteiger partial charge in [0.1, 0.15) is 0 Å². The van der Waals surface area contributed by atoms with Crippen molar-refractivity contribution in [3.8, 4) is 0 Å². The van der Waals surface area contributed by atoms with Crippen LogP contribution in [0.15, 0.2) is 12.7 Å². The van der Waals surface area contributed by atoms with Crippen molar-refractivity contribution >= 4 is 5.97 Å². The number of rotatable bonds is 5. The minimum Gasteiger partial charge on any atom is -0.464 e. The van der Waals surface area contributed by atoms with E-state index in [1.807, 2.05) is 0 Å². The van der Waals surface area contributed by atoms with Gasteiger partial charge >= 0.3 is 5.97 Å². The summed E-state index contributed by atoms with van der Waals surface area (Å²) in [7, 11) is 0. The van der Waals surface area contributed by atoms with Crippen LogP contribution in [0.5, 0.6) is 0 Å². The van der Waals surface area contributed by atoms with Gasteiger partial charge in [0.05, 0.1) is 6.61 Å². The first kappa shape index (κ1) is 12.2. The molecule has 0 aliphatic rings. The van der Waals surface area contributed by atoms with Gasteiger partial charge in [-0.2, -0.15) is 0 Å². The Kier molecular flexibility index (Phi) is 4.70. The molecule has 0 aliphatic heterocycles. The number of hydrogen-bond acceptors (Lipinski definition) is 3. The second-order valence-corrected chi connectivity index (χ2v) is 3.29. The molecule has 0 heterocycles. The first-order valence-corrected chi connectivity index (χ1v) is 4.49. The Morgan fingerprint density at radius 1 is 1.69 bits per heavy atom. The Balaban J connectivity index is 4.56. The van der Waals surface area contributed by atoms with E-state index in [-0.39, 0.29) is 18.9 Å². The highest BCUT2D eigenvalue weighted by atomic mass is 16.5. The molecular formula is C10H18O3. The molecule has 0 aliphatic carbocycles. The fraction of sp³-hybridized carbons (Fsp3) is 0.700. The molecule has 13 heavy (non-hydrogen) atoms. The summed E-state index contributed by atoms with van der Waals surface area (Å²) < 4.78 is 4.78. The van der Waals surface area contributed by atoms with Crippen molar-refractivity contribution in [3.05, 3.63) is 12.7 Å². The lowest BCUT2D eigenvalue weighted by atomic mass is 9.87. The molecule has 1 atom stereocenters. The van der Waals surface area contributed by atoms with Crippen LogP contribution in [0.4, 0.5) is 0 Å². The molecule has 1 N–H and O–H groups in total. The molecular weight excluding hydrogens is 168 g/mol. The van der Waals surface area contributed by atoms with Gasteiger partial charge < -0.3 is 9.84 Å². The molecule has 3 nitrogen and oxygen atoms in total. The molecule has 3 heteroatoms. The van der Waals surface area contributed by atoms with Gasteiger partial charge in [-0.3, -0.25) is 0 Å². The first-order chi connectivity index (χ1) is 5.99. The summed E-state index contributed by atoms with van der Waals surface area (Å²) in [5.74, 6) is -0.741. The molecule has 0 aromatic heterocycles. The van der Waals surface area contributed by atoms with Crippen molar-refractivity contribution < 1.29 is 14.6 Å². The predicted octanol–water partition coefficient (Wildman–Crippen LogP) is 1.51. The predicted molar refractivity (Wildman–Crippen MR) is 51.2 cm³/mol. The standard InChI is InChI=1S/C10H18O3/c1-5-7-10(12,8(3)4)9(11)13-6-2/h5,8,12H,1,6-7H2,2-4H3. The molecule has 0 saturated carbocycles. The summed E-state index contributed by atoms with van der Waals surface area (Å²) in [5, 5.41) is 9.94. The van der Waals surface area contributed by atoms with E-state index in [9.17, 15) is 9.90 Å². The zero-order chi connectivity index (χ0) is 10.5. The molecule has 1 unspecified atom stereocenters. The van der Waals surface area contributed by atoms with Crippen molar-refractivity contribution in [1.82, 2.24) is 0 Å². The van der Waals surface area contributed by atoms with Gasteiger partial charge in [-0.25, -0.2) is 4.79 Å². The summed E-state index contributed by atoms with van der Waals surface area (Å²) in [5.41, 5.74) is -1.42. The van der Waals surface area contributed by atoms with Crippen molar-refractivity contribution in [2.75, 3.05) is 6.61 Å². The fourth-order valence-electron chi connectivity index (χ4n) is 1.03. The number of hydrogen-bond donors (Lipinski definition) is 1. The molecule has 0 rings (SSSR count). The Hall–Kier alpha value is -0.830. The zero-order valence-corrected chi connectivity index (χ0v) is 8.54. The lowest BCUT2D eigenvalue weighted by Gasteiger charge is -2.28. The third kappa shape index (κ3) is 2.84. The minimum atomic E-state index is -1.42. The zero-order valence-electron chi connectivity index (χ0n) is 8.54.